The van der Waals surface area contributed by atoms with Crippen LogP contribution in [-0.4, -0.2) is 0 Å². The van der Waals surface area contributed by atoms with E-state index in [0.717, 1.165) is 26.0 Å². The molecule has 1 atom stereocenters. The smallest absolute Gasteiger partial charge is 0.0753 e. The van der Waals surface area contributed by atoms with Crippen LogP contribution in [0, 0.1) is 6.92 Å². The minimum absolute atomic E-state index is 0.135. The topological polar surface area (TPSA) is 0 Å². The molecule has 0 N–H and O–H groups in total. The van der Waals surface area contributed by atoms with Crippen molar-refractivity contribution in [2.24, 2.45) is 0 Å². The zero-order chi connectivity index (χ0) is 11.7. The second kappa shape index (κ2) is 5.09. The van der Waals surface area contributed by atoms with Crippen LogP contribution in [0.25, 0.3) is 0 Å². The van der Waals surface area contributed by atoms with Crippen molar-refractivity contribution in [3.05, 3.63) is 55.7 Å². The van der Waals surface area contributed by atoms with Gasteiger partial charge in [-0.3, -0.25) is 0 Å². The average molecular weight is 336 g/mol. The van der Waals surface area contributed by atoms with Crippen LogP contribution in [0.4, 0.5) is 0 Å². The van der Waals surface area contributed by atoms with Gasteiger partial charge in [0.15, 0.2) is 0 Å². The Morgan fingerprint density at radius 1 is 1.19 bits per heavy atom. The van der Waals surface area contributed by atoms with Gasteiger partial charge in [0.05, 0.1) is 9.85 Å². The second-order valence-corrected chi connectivity index (χ2v) is 6.15. The highest BCUT2D eigenvalue weighted by Crippen LogP contribution is 2.40. The number of benzene rings is 1. The van der Waals surface area contributed by atoms with Crippen molar-refractivity contribution >= 4 is 50.5 Å². The maximum Gasteiger partial charge on any atom is 0.0753 e. The summed E-state index contributed by atoms with van der Waals surface area (Å²) in [5.41, 5.74) is 2.29. The zero-order valence-corrected chi connectivity index (χ0v) is 12.4. The van der Waals surface area contributed by atoms with Crippen molar-refractivity contribution in [1.29, 1.82) is 0 Å². The molecule has 0 radical (unpaired) electrons. The molecule has 0 spiro atoms. The molecule has 0 aliphatic carbocycles. The largest absolute Gasteiger partial charge is 0.145 e. The average Bonchev–Trinajstić information content (AvgIpc) is 2.60. The Morgan fingerprint density at radius 3 is 2.31 bits per heavy atom. The standard InChI is InChI=1S/C12H9BrCl2S/c1-7-6-16-12(11(7)15)10(13)8-2-4-9(14)5-3-8/h2-6,10H,1H3. The van der Waals surface area contributed by atoms with E-state index in [-0.39, 0.29) is 4.83 Å². The Hall–Kier alpha value is -0.0200. The number of thiophene rings is 1. The molecular weight excluding hydrogens is 327 g/mol. The Labute approximate surface area is 117 Å². The lowest BCUT2D eigenvalue weighted by atomic mass is 10.1. The lowest BCUT2D eigenvalue weighted by Gasteiger charge is -2.09. The molecule has 0 saturated heterocycles. The normalized spacial score (nSPS) is 12.8. The van der Waals surface area contributed by atoms with Crippen molar-refractivity contribution in [3.8, 4) is 0 Å². The summed E-state index contributed by atoms with van der Waals surface area (Å²) in [6.45, 7) is 2.02. The van der Waals surface area contributed by atoms with Gasteiger partial charge < -0.3 is 0 Å². The number of alkyl halides is 1. The first-order valence-electron chi connectivity index (χ1n) is 4.72. The molecule has 0 fully saturated rings. The summed E-state index contributed by atoms with van der Waals surface area (Å²) in [7, 11) is 0. The van der Waals surface area contributed by atoms with Crippen LogP contribution >= 0.6 is 50.5 Å². The number of aryl methyl sites for hydroxylation is 1. The molecule has 0 aliphatic heterocycles. The van der Waals surface area contributed by atoms with Crippen LogP contribution in [0.1, 0.15) is 20.8 Å². The minimum atomic E-state index is 0.135. The highest BCUT2D eigenvalue weighted by atomic mass is 79.9. The molecule has 0 amide bonds. The quantitative estimate of drug-likeness (QED) is 0.604. The SMILES string of the molecule is Cc1csc(C(Br)c2ccc(Cl)cc2)c1Cl. The van der Waals surface area contributed by atoms with Crippen LogP contribution in [0.2, 0.25) is 10.0 Å². The van der Waals surface area contributed by atoms with Gasteiger partial charge in [-0.05, 0) is 35.6 Å². The van der Waals surface area contributed by atoms with Gasteiger partial charge in [-0.1, -0.05) is 51.3 Å². The van der Waals surface area contributed by atoms with E-state index in [9.17, 15) is 0 Å². The first kappa shape index (κ1) is 12.4. The fourth-order valence-corrected chi connectivity index (χ4v) is 3.82. The minimum Gasteiger partial charge on any atom is -0.145 e. The maximum absolute atomic E-state index is 6.24. The molecule has 1 aromatic heterocycles. The Bertz CT molecular complexity index is 490. The van der Waals surface area contributed by atoms with E-state index in [2.05, 4.69) is 21.3 Å². The molecule has 84 valence electrons. The van der Waals surface area contributed by atoms with E-state index in [4.69, 9.17) is 23.2 Å². The van der Waals surface area contributed by atoms with Crippen LogP contribution in [0.15, 0.2) is 29.6 Å². The summed E-state index contributed by atoms with van der Waals surface area (Å²) in [4.78, 5) is 1.28. The van der Waals surface area contributed by atoms with Crippen LogP contribution in [0.3, 0.4) is 0 Å². The van der Waals surface area contributed by atoms with Gasteiger partial charge in [0.2, 0.25) is 0 Å². The number of halogens is 3. The number of hydrogen-bond acceptors (Lipinski definition) is 1. The summed E-state index contributed by atoms with van der Waals surface area (Å²) >= 11 is 17.4. The van der Waals surface area contributed by atoms with Crippen LogP contribution in [-0.2, 0) is 0 Å². The van der Waals surface area contributed by atoms with Gasteiger partial charge in [-0.25, -0.2) is 0 Å². The molecule has 2 aromatic rings. The first-order valence-corrected chi connectivity index (χ1v) is 7.27. The fourth-order valence-electron chi connectivity index (χ4n) is 1.40. The van der Waals surface area contributed by atoms with E-state index in [1.54, 1.807) is 11.3 Å². The van der Waals surface area contributed by atoms with Gasteiger partial charge in [0.1, 0.15) is 0 Å². The van der Waals surface area contributed by atoms with Gasteiger partial charge in [-0.2, -0.15) is 0 Å². The highest BCUT2D eigenvalue weighted by molar-refractivity contribution is 9.09. The molecule has 2 rings (SSSR count). The first-order chi connectivity index (χ1) is 7.59. The Kier molecular flexibility index (Phi) is 3.96. The van der Waals surface area contributed by atoms with E-state index in [1.165, 1.54) is 0 Å². The van der Waals surface area contributed by atoms with Crippen molar-refractivity contribution in [3.63, 3.8) is 0 Å². The lowest BCUT2D eigenvalue weighted by molar-refractivity contribution is 1.22. The third-order valence-electron chi connectivity index (χ3n) is 2.32. The molecule has 1 unspecified atom stereocenters. The third kappa shape index (κ3) is 2.45. The van der Waals surface area contributed by atoms with E-state index in [1.807, 2.05) is 31.2 Å². The van der Waals surface area contributed by atoms with Gasteiger partial charge in [0.25, 0.3) is 0 Å². The van der Waals surface area contributed by atoms with Crippen LogP contribution < -0.4 is 0 Å². The predicted molar refractivity (Wildman–Crippen MR) is 76.3 cm³/mol. The van der Waals surface area contributed by atoms with E-state index in [0.29, 0.717) is 0 Å². The number of hydrogen-bond donors (Lipinski definition) is 0. The highest BCUT2D eigenvalue weighted by Gasteiger charge is 2.16. The summed E-state index contributed by atoms with van der Waals surface area (Å²) in [5, 5.41) is 3.67. The summed E-state index contributed by atoms with van der Waals surface area (Å²) in [6.07, 6.45) is 0. The summed E-state index contributed by atoms with van der Waals surface area (Å²) in [6, 6.07) is 7.79. The van der Waals surface area contributed by atoms with E-state index >= 15 is 0 Å². The second-order valence-electron chi connectivity index (χ2n) is 3.51. The molecule has 0 saturated carbocycles. The molecule has 0 aliphatic rings. The molecule has 0 bridgehead atoms. The fraction of sp³-hybridized carbons (Fsp3) is 0.167. The molecular formula is C12H9BrCl2S. The third-order valence-corrected chi connectivity index (χ3v) is 5.64. The molecule has 0 nitrogen and oxygen atoms in total. The number of rotatable bonds is 2. The van der Waals surface area contributed by atoms with Crippen molar-refractivity contribution in [1.82, 2.24) is 0 Å². The summed E-state index contributed by atoms with van der Waals surface area (Å²) < 4.78 is 0. The molecule has 1 heterocycles. The monoisotopic (exact) mass is 334 g/mol. The maximum atomic E-state index is 6.24. The predicted octanol–water partition coefficient (Wildman–Crippen LogP) is 5.85. The Morgan fingerprint density at radius 2 is 1.81 bits per heavy atom. The lowest BCUT2D eigenvalue weighted by Crippen LogP contribution is -1.89. The Balaban J connectivity index is 2.35. The zero-order valence-electron chi connectivity index (χ0n) is 8.51. The molecule has 1 aromatic carbocycles. The van der Waals surface area contributed by atoms with Gasteiger partial charge >= 0.3 is 0 Å². The van der Waals surface area contributed by atoms with Crippen molar-refractivity contribution < 1.29 is 0 Å². The van der Waals surface area contributed by atoms with Crippen LogP contribution in [0.5, 0.6) is 0 Å². The van der Waals surface area contributed by atoms with Crippen molar-refractivity contribution in [2.75, 3.05) is 0 Å². The molecule has 4 heteroatoms. The van der Waals surface area contributed by atoms with E-state index < -0.39 is 0 Å². The van der Waals surface area contributed by atoms with Gasteiger partial charge in [0, 0.05) is 9.90 Å². The van der Waals surface area contributed by atoms with Crippen molar-refractivity contribution in [2.45, 2.75) is 11.8 Å². The summed E-state index contributed by atoms with van der Waals surface area (Å²) in [5.74, 6) is 0. The van der Waals surface area contributed by atoms with Gasteiger partial charge in [-0.15, -0.1) is 11.3 Å². The molecule has 16 heavy (non-hydrogen) atoms.